The summed E-state index contributed by atoms with van der Waals surface area (Å²) in [5.74, 6) is 0.515. The summed E-state index contributed by atoms with van der Waals surface area (Å²) in [6.07, 6.45) is 3.35. The Balaban J connectivity index is 1.54. The molecule has 156 valence electrons. The van der Waals surface area contributed by atoms with Crippen LogP contribution in [0.15, 0.2) is 74.6 Å². The predicted octanol–water partition coefficient (Wildman–Crippen LogP) is 3.56. The number of sulfone groups is 1. The second kappa shape index (κ2) is 8.08. The van der Waals surface area contributed by atoms with Crippen molar-refractivity contribution in [2.75, 3.05) is 24.7 Å². The maximum absolute atomic E-state index is 13.1. The second-order valence-electron chi connectivity index (χ2n) is 7.12. The van der Waals surface area contributed by atoms with Crippen molar-refractivity contribution in [1.82, 2.24) is 5.01 Å². The lowest BCUT2D eigenvalue weighted by Crippen LogP contribution is -2.36. The number of likely N-dealkylation sites (N-methyl/N-ethyl adjacent to an activating group) is 1. The van der Waals surface area contributed by atoms with E-state index in [9.17, 15) is 13.2 Å². The van der Waals surface area contributed by atoms with Crippen LogP contribution in [0.1, 0.15) is 23.1 Å². The van der Waals surface area contributed by atoms with Gasteiger partial charge in [-0.2, -0.15) is 5.10 Å². The number of carbonyl (C=O) groups is 1. The van der Waals surface area contributed by atoms with E-state index in [1.807, 2.05) is 23.6 Å². The molecule has 4 rings (SSSR count). The number of benzene rings is 1. The first-order chi connectivity index (χ1) is 14.3. The van der Waals surface area contributed by atoms with Crippen molar-refractivity contribution in [3.63, 3.8) is 0 Å². The molecule has 0 unspecified atom stereocenters. The molecule has 0 saturated carbocycles. The third-order valence-electron chi connectivity index (χ3n) is 4.92. The van der Waals surface area contributed by atoms with Gasteiger partial charge in [0.25, 0.3) is 5.91 Å². The topological polar surface area (TPSA) is 83.2 Å². The molecule has 0 fully saturated rings. The molecule has 30 heavy (non-hydrogen) atoms. The maximum atomic E-state index is 13.1. The van der Waals surface area contributed by atoms with Gasteiger partial charge in [-0.15, -0.1) is 11.3 Å². The minimum Gasteiger partial charge on any atom is -0.463 e. The van der Waals surface area contributed by atoms with E-state index in [1.165, 1.54) is 11.3 Å². The Hall–Kier alpha value is -2.91. The molecule has 1 aliphatic rings. The van der Waals surface area contributed by atoms with Crippen LogP contribution in [0.25, 0.3) is 0 Å². The minimum atomic E-state index is -3.26. The van der Waals surface area contributed by atoms with Crippen molar-refractivity contribution < 1.29 is 17.6 Å². The van der Waals surface area contributed by atoms with E-state index in [1.54, 1.807) is 59.9 Å². The first-order valence-corrected chi connectivity index (χ1v) is 12.1. The fraction of sp³-hybridized carbons (Fsp3) is 0.238. The number of nitrogens with zero attached hydrogens (tertiary/aromatic N) is 3. The number of hydrogen-bond acceptors (Lipinski definition) is 7. The van der Waals surface area contributed by atoms with E-state index in [2.05, 4.69) is 5.10 Å². The summed E-state index contributed by atoms with van der Waals surface area (Å²) in [6.45, 7) is 0.106. The SMILES string of the molecule is CN(CC(=O)N1N=C(c2ccco2)C[C@H]1c1cccs1)c1ccc(S(C)(=O)=O)cc1. The summed E-state index contributed by atoms with van der Waals surface area (Å²) in [6, 6.07) is 13.9. The van der Waals surface area contributed by atoms with Gasteiger partial charge in [0, 0.05) is 30.3 Å². The van der Waals surface area contributed by atoms with Crippen molar-refractivity contribution in [1.29, 1.82) is 0 Å². The Labute approximate surface area is 179 Å². The number of rotatable bonds is 6. The van der Waals surface area contributed by atoms with E-state index in [0.717, 1.165) is 16.3 Å². The largest absolute Gasteiger partial charge is 0.463 e. The van der Waals surface area contributed by atoms with Crippen molar-refractivity contribution >= 4 is 38.5 Å². The molecule has 3 aromatic rings. The number of hydrogen-bond donors (Lipinski definition) is 0. The fourth-order valence-corrected chi connectivity index (χ4v) is 4.79. The molecular weight excluding hydrogens is 422 g/mol. The molecule has 0 radical (unpaired) electrons. The van der Waals surface area contributed by atoms with Crippen molar-refractivity contribution in [3.8, 4) is 0 Å². The smallest absolute Gasteiger partial charge is 0.262 e. The van der Waals surface area contributed by atoms with Crippen molar-refractivity contribution in [3.05, 3.63) is 70.8 Å². The Morgan fingerprint density at radius 3 is 2.60 bits per heavy atom. The number of thiophene rings is 1. The van der Waals surface area contributed by atoms with Crippen molar-refractivity contribution in [2.45, 2.75) is 17.4 Å². The van der Waals surface area contributed by atoms with E-state index in [-0.39, 0.29) is 23.4 Å². The van der Waals surface area contributed by atoms with E-state index in [0.29, 0.717) is 12.2 Å². The molecular formula is C21H21N3O4S2. The fourth-order valence-electron chi connectivity index (χ4n) is 3.35. The number of amides is 1. The van der Waals surface area contributed by atoms with Crippen LogP contribution in [0.2, 0.25) is 0 Å². The van der Waals surface area contributed by atoms with Gasteiger partial charge < -0.3 is 9.32 Å². The lowest BCUT2D eigenvalue weighted by Gasteiger charge is -2.25. The Morgan fingerprint density at radius 1 is 1.23 bits per heavy atom. The zero-order valence-electron chi connectivity index (χ0n) is 16.6. The summed E-state index contributed by atoms with van der Waals surface area (Å²) in [5, 5.41) is 8.09. The predicted molar refractivity (Wildman–Crippen MR) is 117 cm³/mol. The van der Waals surface area contributed by atoms with E-state index >= 15 is 0 Å². The number of carbonyl (C=O) groups excluding carboxylic acids is 1. The van der Waals surface area contributed by atoms with Crippen LogP contribution < -0.4 is 4.90 Å². The molecule has 1 aromatic carbocycles. The van der Waals surface area contributed by atoms with Crippen LogP contribution in [0.3, 0.4) is 0 Å². The van der Waals surface area contributed by atoms with Gasteiger partial charge in [0.2, 0.25) is 0 Å². The minimum absolute atomic E-state index is 0.106. The molecule has 0 N–H and O–H groups in total. The van der Waals surface area contributed by atoms with Crippen LogP contribution in [0.5, 0.6) is 0 Å². The quantitative estimate of drug-likeness (QED) is 0.582. The van der Waals surface area contributed by atoms with Crippen LogP contribution >= 0.6 is 11.3 Å². The van der Waals surface area contributed by atoms with Gasteiger partial charge in [0.05, 0.1) is 23.7 Å². The normalized spacial score (nSPS) is 16.5. The van der Waals surface area contributed by atoms with E-state index in [4.69, 9.17) is 4.42 Å². The van der Waals surface area contributed by atoms with Gasteiger partial charge in [0.15, 0.2) is 9.84 Å². The average molecular weight is 444 g/mol. The van der Waals surface area contributed by atoms with Crippen LogP contribution in [-0.2, 0) is 14.6 Å². The lowest BCUT2D eigenvalue weighted by molar-refractivity contribution is -0.131. The third kappa shape index (κ3) is 4.17. The molecule has 1 amide bonds. The molecule has 9 heteroatoms. The van der Waals surface area contributed by atoms with Gasteiger partial charge in [-0.1, -0.05) is 6.07 Å². The molecule has 0 aliphatic carbocycles. The molecule has 1 atom stereocenters. The van der Waals surface area contributed by atoms with Gasteiger partial charge in [0.1, 0.15) is 11.5 Å². The zero-order chi connectivity index (χ0) is 21.3. The Morgan fingerprint density at radius 2 is 2.00 bits per heavy atom. The highest BCUT2D eigenvalue weighted by atomic mass is 32.2. The first-order valence-electron chi connectivity index (χ1n) is 9.31. The van der Waals surface area contributed by atoms with Gasteiger partial charge in [-0.25, -0.2) is 13.4 Å². The van der Waals surface area contributed by atoms with Crippen LogP contribution in [0.4, 0.5) is 5.69 Å². The summed E-state index contributed by atoms with van der Waals surface area (Å²) >= 11 is 1.59. The molecule has 3 heterocycles. The highest BCUT2D eigenvalue weighted by Gasteiger charge is 2.34. The standard InChI is InChI=1S/C21H21N3O4S2/c1-23(15-7-9-16(10-8-15)30(2,26)27)14-21(25)24-18(20-6-4-12-29-20)13-17(22-24)19-5-3-11-28-19/h3-12,18H,13-14H2,1-2H3/t18-/m0/s1. The molecule has 1 aliphatic heterocycles. The first kappa shape index (κ1) is 20.4. The Kier molecular flexibility index (Phi) is 5.48. The summed E-state index contributed by atoms with van der Waals surface area (Å²) in [4.78, 5) is 16.2. The Bertz CT molecular complexity index is 1150. The van der Waals surface area contributed by atoms with Gasteiger partial charge >= 0.3 is 0 Å². The summed E-state index contributed by atoms with van der Waals surface area (Å²) in [5.41, 5.74) is 1.49. The zero-order valence-corrected chi connectivity index (χ0v) is 18.2. The molecule has 7 nitrogen and oxygen atoms in total. The third-order valence-corrected chi connectivity index (χ3v) is 7.02. The molecule has 0 bridgehead atoms. The number of hydrazone groups is 1. The lowest BCUT2D eigenvalue weighted by atomic mass is 10.1. The number of furan rings is 1. The molecule has 0 spiro atoms. The van der Waals surface area contributed by atoms with Crippen molar-refractivity contribution in [2.24, 2.45) is 5.10 Å². The number of anilines is 1. The highest BCUT2D eigenvalue weighted by molar-refractivity contribution is 7.90. The maximum Gasteiger partial charge on any atom is 0.262 e. The van der Waals surface area contributed by atoms with E-state index < -0.39 is 9.84 Å². The second-order valence-corrected chi connectivity index (χ2v) is 10.1. The molecule has 0 saturated heterocycles. The summed E-state index contributed by atoms with van der Waals surface area (Å²) < 4.78 is 28.8. The highest BCUT2D eigenvalue weighted by Crippen LogP contribution is 2.35. The average Bonchev–Trinajstić information content (AvgIpc) is 3.47. The van der Waals surface area contributed by atoms with Gasteiger partial charge in [-0.05, 0) is 47.8 Å². The van der Waals surface area contributed by atoms with Crippen LogP contribution in [0, 0.1) is 0 Å². The van der Waals surface area contributed by atoms with Crippen LogP contribution in [-0.4, -0.2) is 44.9 Å². The monoisotopic (exact) mass is 443 g/mol. The van der Waals surface area contributed by atoms with Gasteiger partial charge in [-0.3, -0.25) is 4.79 Å². The molecule has 2 aromatic heterocycles. The summed E-state index contributed by atoms with van der Waals surface area (Å²) in [7, 11) is -1.47.